The van der Waals surface area contributed by atoms with E-state index in [0.717, 1.165) is 17.9 Å². The van der Waals surface area contributed by atoms with Crippen LogP contribution in [0.25, 0.3) is 0 Å². The van der Waals surface area contributed by atoms with Crippen LogP contribution in [0.1, 0.15) is 27.2 Å². The minimum Gasteiger partial charge on any atom is -0.353 e. The van der Waals surface area contributed by atoms with Gasteiger partial charge in [-0.05, 0) is 38.1 Å². The summed E-state index contributed by atoms with van der Waals surface area (Å²) in [6.45, 7) is 6.78. The predicted octanol–water partition coefficient (Wildman–Crippen LogP) is 3.53. The summed E-state index contributed by atoms with van der Waals surface area (Å²) in [6, 6.07) is 7.83. The molecule has 0 heterocycles. The summed E-state index contributed by atoms with van der Waals surface area (Å²) in [6.07, 6.45) is 0.746. The molecule has 0 bridgehead atoms. The molecule has 0 fully saturated rings. The van der Waals surface area contributed by atoms with Crippen LogP contribution >= 0.6 is 11.8 Å². The lowest BCUT2D eigenvalue weighted by molar-refractivity contribution is -0.136. The minimum absolute atomic E-state index is 0.0540. The smallest absolute Gasteiger partial charge is 0.221 e. The Labute approximate surface area is 125 Å². The van der Waals surface area contributed by atoms with Gasteiger partial charge in [0.05, 0.1) is 0 Å². The van der Waals surface area contributed by atoms with Crippen LogP contribution in [-0.2, 0) is 14.3 Å². The Bertz CT molecular complexity index is 389. The average Bonchev–Trinajstić information content (AvgIpc) is 2.40. The van der Waals surface area contributed by atoms with Crippen LogP contribution in [0.5, 0.6) is 0 Å². The third-order valence-electron chi connectivity index (χ3n) is 2.50. The molecule has 0 saturated carbocycles. The van der Waals surface area contributed by atoms with Gasteiger partial charge in [0.1, 0.15) is 0 Å². The number of hydrogen-bond acceptors (Lipinski definition) is 4. The molecule has 0 spiro atoms. The van der Waals surface area contributed by atoms with E-state index in [0.29, 0.717) is 13.2 Å². The van der Waals surface area contributed by atoms with E-state index in [1.165, 1.54) is 11.8 Å². The molecule has 5 heteroatoms. The Hall–Kier alpha value is -1.04. The molecule has 0 radical (unpaired) electrons. The number of thioether (sulfide) groups is 1. The highest BCUT2D eigenvalue weighted by Gasteiger charge is 2.07. The molecule has 20 heavy (non-hydrogen) atoms. The summed E-state index contributed by atoms with van der Waals surface area (Å²) < 4.78 is 11.0. The predicted molar refractivity (Wildman–Crippen MR) is 83.1 cm³/mol. The lowest BCUT2D eigenvalue weighted by Gasteiger charge is -2.16. The molecule has 0 aliphatic rings. The number of anilines is 1. The van der Waals surface area contributed by atoms with Gasteiger partial charge in [-0.2, -0.15) is 0 Å². The molecule has 1 aromatic carbocycles. The fourth-order valence-electron chi connectivity index (χ4n) is 1.70. The first-order chi connectivity index (χ1) is 9.65. The molecular formula is C15H23NO3S. The van der Waals surface area contributed by atoms with Crippen molar-refractivity contribution >= 4 is 23.4 Å². The summed E-state index contributed by atoms with van der Waals surface area (Å²) >= 11 is 1.76. The second-order valence-electron chi connectivity index (χ2n) is 4.18. The number of nitrogens with one attached hydrogen (secondary N) is 1. The van der Waals surface area contributed by atoms with Gasteiger partial charge in [-0.3, -0.25) is 4.79 Å². The van der Waals surface area contributed by atoms with Crippen molar-refractivity contribution in [2.75, 3.05) is 24.3 Å². The monoisotopic (exact) mass is 297 g/mol. The third kappa shape index (κ3) is 6.93. The number of hydrogen-bond donors (Lipinski definition) is 1. The van der Waals surface area contributed by atoms with E-state index in [-0.39, 0.29) is 12.2 Å². The van der Waals surface area contributed by atoms with E-state index in [1.807, 2.05) is 38.1 Å². The normalized spacial score (nSPS) is 10.8. The highest BCUT2D eigenvalue weighted by molar-refractivity contribution is 7.99. The zero-order valence-corrected chi connectivity index (χ0v) is 13.2. The zero-order chi connectivity index (χ0) is 14.8. The fraction of sp³-hybridized carbons (Fsp3) is 0.533. The molecule has 1 aromatic rings. The molecule has 0 unspecified atom stereocenters. The Morgan fingerprint density at radius 3 is 2.30 bits per heavy atom. The molecule has 1 rings (SSSR count). The number of ether oxygens (including phenoxy) is 2. The van der Waals surface area contributed by atoms with Gasteiger partial charge in [0.15, 0.2) is 6.29 Å². The first kappa shape index (κ1) is 17.0. The Kier molecular flexibility index (Phi) is 8.34. The molecular weight excluding hydrogens is 274 g/mol. The highest BCUT2D eigenvalue weighted by Crippen LogP contribution is 2.22. The van der Waals surface area contributed by atoms with Crippen molar-refractivity contribution in [1.29, 1.82) is 0 Å². The fourth-order valence-corrected chi connectivity index (χ4v) is 2.57. The Morgan fingerprint density at radius 2 is 1.80 bits per heavy atom. The van der Waals surface area contributed by atoms with Crippen LogP contribution in [0.2, 0.25) is 0 Å². The van der Waals surface area contributed by atoms with Crippen molar-refractivity contribution in [3.63, 3.8) is 0 Å². The van der Waals surface area contributed by atoms with Gasteiger partial charge in [-0.15, -0.1) is 11.8 Å². The van der Waals surface area contributed by atoms with Crippen LogP contribution in [0.15, 0.2) is 29.2 Å². The van der Waals surface area contributed by atoms with Crippen molar-refractivity contribution in [3.8, 4) is 0 Å². The number of benzene rings is 1. The number of carbonyl (C=O) groups is 1. The lowest BCUT2D eigenvalue weighted by Crippen LogP contribution is -2.18. The van der Waals surface area contributed by atoms with E-state index in [2.05, 4.69) is 5.32 Å². The summed E-state index contributed by atoms with van der Waals surface area (Å²) in [7, 11) is 0. The summed E-state index contributed by atoms with van der Waals surface area (Å²) in [5.41, 5.74) is 0.823. The van der Waals surface area contributed by atoms with Crippen LogP contribution in [-0.4, -0.2) is 31.2 Å². The molecule has 0 aliphatic carbocycles. The molecule has 0 aromatic heterocycles. The van der Waals surface area contributed by atoms with Crippen molar-refractivity contribution in [2.24, 2.45) is 0 Å². The Balaban J connectivity index is 2.35. The summed E-state index contributed by atoms with van der Waals surface area (Å²) in [5, 5.41) is 2.75. The van der Waals surface area contributed by atoms with E-state index in [9.17, 15) is 4.79 Å². The van der Waals surface area contributed by atoms with Gasteiger partial charge in [0, 0.05) is 42.9 Å². The van der Waals surface area contributed by atoms with Crippen molar-refractivity contribution in [1.82, 2.24) is 0 Å². The summed E-state index contributed by atoms with van der Waals surface area (Å²) in [5.74, 6) is 0.881. The molecule has 0 aliphatic heterocycles. The molecule has 1 N–H and O–H groups in total. The van der Waals surface area contributed by atoms with Gasteiger partial charge < -0.3 is 14.8 Å². The number of rotatable bonds is 9. The second-order valence-corrected chi connectivity index (χ2v) is 5.35. The van der Waals surface area contributed by atoms with E-state index in [4.69, 9.17) is 9.47 Å². The third-order valence-corrected chi connectivity index (χ3v) is 3.55. The van der Waals surface area contributed by atoms with Crippen LogP contribution < -0.4 is 5.32 Å². The van der Waals surface area contributed by atoms with Gasteiger partial charge in [-0.1, -0.05) is 0 Å². The molecule has 1 amide bonds. The molecule has 112 valence electrons. The van der Waals surface area contributed by atoms with Crippen LogP contribution in [0, 0.1) is 0 Å². The molecule has 0 atom stereocenters. The maximum absolute atomic E-state index is 10.9. The number of amides is 1. The first-order valence-electron chi connectivity index (χ1n) is 6.89. The standard InChI is InChI=1S/C15H23NO3S/c1-4-18-15(19-5-2)10-11-20-14-8-6-13(7-9-14)16-12(3)17/h6-9,15H,4-5,10-11H2,1-3H3,(H,16,17). The highest BCUT2D eigenvalue weighted by atomic mass is 32.2. The molecule has 4 nitrogen and oxygen atoms in total. The lowest BCUT2D eigenvalue weighted by atomic mass is 10.3. The maximum atomic E-state index is 10.9. The van der Waals surface area contributed by atoms with Gasteiger partial charge >= 0.3 is 0 Å². The van der Waals surface area contributed by atoms with Gasteiger partial charge in [0.25, 0.3) is 0 Å². The van der Waals surface area contributed by atoms with Crippen molar-refractivity contribution in [2.45, 2.75) is 38.4 Å². The van der Waals surface area contributed by atoms with Crippen molar-refractivity contribution in [3.05, 3.63) is 24.3 Å². The largest absolute Gasteiger partial charge is 0.353 e. The molecule has 0 saturated heterocycles. The zero-order valence-electron chi connectivity index (χ0n) is 12.3. The van der Waals surface area contributed by atoms with E-state index < -0.39 is 0 Å². The average molecular weight is 297 g/mol. The minimum atomic E-state index is -0.115. The van der Waals surface area contributed by atoms with Gasteiger partial charge in [0.2, 0.25) is 5.91 Å². The topological polar surface area (TPSA) is 47.6 Å². The van der Waals surface area contributed by atoms with Crippen LogP contribution in [0.3, 0.4) is 0 Å². The van der Waals surface area contributed by atoms with E-state index >= 15 is 0 Å². The SMILES string of the molecule is CCOC(CCSc1ccc(NC(C)=O)cc1)OCC. The maximum Gasteiger partial charge on any atom is 0.221 e. The first-order valence-corrected chi connectivity index (χ1v) is 7.88. The second kappa shape index (κ2) is 9.80. The Morgan fingerprint density at radius 1 is 1.20 bits per heavy atom. The summed E-state index contributed by atoms with van der Waals surface area (Å²) in [4.78, 5) is 12.1. The quantitative estimate of drug-likeness (QED) is 0.559. The van der Waals surface area contributed by atoms with Crippen molar-refractivity contribution < 1.29 is 14.3 Å². The van der Waals surface area contributed by atoms with Crippen LogP contribution in [0.4, 0.5) is 5.69 Å². The van der Waals surface area contributed by atoms with E-state index in [1.54, 1.807) is 11.8 Å². The van der Waals surface area contributed by atoms with Gasteiger partial charge in [-0.25, -0.2) is 0 Å². The number of carbonyl (C=O) groups excluding carboxylic acids is 1.